The first kappa shape index (κ1) is 9.25. The predicted molar refractivity (Wildman–Crippen MR) is 55.0 cm³/mol. The first-order valence-electron chi connectivity index (χ1n) is 4.80. The van der Waals surface area contributed by atoms with E-state index in [0.717, 1.165) is 18.5 Å². The summed E-state index contributed by atoms with van der Waals surface area (Å²) in [6.45, 7) is 6.14. The number of hydrogen-bond acceptors (Lipinski definition) is 2. The highest BCUT2D eigenvalue weighted by molar-refractivity contribution is 5.81. The summed E-state index contributed by atoms with van der Waals surface area (Å²) >= 11 is 0. The predicted octanol–water partition coefficient (Wildman–Crippen LogP) is 2.52. The van der Waals surface area contributed by atoms with Gasteiger partial charge in [0.15, 0.2) is 6.29 Å². The number of aryl methyl sites for hydroxylation is 1. The van der Waals surface area contributed by atoms with Crippen molar-refractivity contribution >= 4 is 6.29 Å². The molecule has 74 valence electrons. The first-order chi connectivity index (χ1) is 6.53. The van der Waals surface area contributed by atoms with Gasteiger partial charge in [0.25, 0.3) is 0 Å². The lowest BCUT2D eigenvalue weighted by molar-refractivity contribution is 0.110. The Labute approximate surface area is 83.9 Å². The van der Waals surface area contributed by atoms with Crippen LogP contribution in [0.1, 0.15) is 35.3 Å². The molecule has 1 aromatic rings. The molecule has 0 N–H and O–H groups in total. The van der Waals surface area contributed by atoms with E-state index in [1.165, 1.54) is 11.1 Å². The van der Waals surface area contributed by atoms with Gasteiger partial charge < -0.3 is 4.74 Å². The summed E-state index contributed by atoms with van der Waals surface area (Å²) < 4.78 is 5.77. The Bertz CT molecular complexity index is 392. The zero-order valence-electron chi connectivity index (χ0n) is 8.76. The number of carbonyl (C=O) groups is 1. The third-order valence-corrected chi connectivity index (χ3v) is 2.63. The van der Waals surface area contributed by atoms with Crippen LogP contribution in [0.15, 0.2) is 12.1 Å². The minimum Gasteiger partial charge on any atom is -0.486 e. The summed E-state index contributed by atoms with van der Waals surface area (Å²) in [5.41, 5.74) is 2.87. The van der Waals surface area contributed by atoms with Crippen LogP contribution >= 0.6 is 0 Å². The third kappa shape index (κ3) is 1.31. The molecule has 0 bridgehead atoms. The fourth-order valence-corrected chi connectivity index (χ4v) is 1.92. The van der Waals surface area contributed by atoms with Gasteiger partial charge in [0.1, 0.15) is 11.4 Å². The highest BCUT2D eigenvalue weighted by atomic mass is 16.5. The van der Waals surface area contributed by atoms with Crippen molar-refractivity contribution in [1.82, 2.24) is 0 Å². The Balaban J connectivity index is 2.58. The summed E-state index contributed by atoms with van der Waals surface area (Å²) in [6, 6.07) is 3.80. The van der Waals surface area contributed by atoms with Gasteiger partial charge in [0, 0.05) is 12.0 Å². The van der Waals surface area contributed by atoms with E-state index < -0.39 is 0 Å². The normalized spacial score (nSPS) is 17.4. The molecule has 1 heterocycles. The molecule has 1 aromatic carbocycles. The minimum absolute atomic E-state index is 0.174. The van der Waals surface area contributed by atoms with Crippen molar-refractivity contribution in [3.63, 3.8) is 0 Å². The Hall–Kier alpha value is -1.31. The summed E-state index contributed by atoms with van der Waals surface area (Å²) in [5, 5.41) is 0. The van der Waals surface area contributed by atoms with E-state index in [1.54, 1.807) is 0 Å². The second-order valence-electron chi connectivity index (χ2n) is 4.44. The molecule has 0 saturated heterocycles. The van der Waals surface area contributed by atoms with E-state index in [0.29, 0.717) is 5.56 Å². The molecule has 2 heteroatoms. The van der Waals surface area contributed by atoms with Crippen LogP contribution in [-0.2, 0) is 6.42 Å². The zero-order valence-corrected chi connectivity index (χ0v) is 8.76. The molecule has 0 saturated carbocycles. The summed E-state index contributed by atoms with van der Waals surface area (Å²) in [7, 11) is 0. The number of aldehydes is 1. The van der Waals surface area contributed by atoms with E-state index in [1.807, 2.05) is 26.0 Å². The molecule has 0 atom stereocenters. The first-order valence-corrected chi connectivity index (χ1v) is 4.80. The minimum atomic E-state index is -0.174. The highest BCUT2D eigenvalue weighted by Crippen LogP contribution is 2.38. The van der Waals surface area contributed by atoms with Crippen LogP contribution in [0.2, 0.25) is 0 Å². The SMILES string of the molecule is Cc1ccc(C=O)c2c1CC(C)(C)O2. The summed E-state index contributed by atoms with van der Waals surface area (Å²) in [5.74, 6) is 0.782. The van der Waals surface area contributed by atoms with Gasteiger partial charge in [-0.2, -0.15) is 0 Å². The fraction of sp³-hybridized carbons (Fsp3) is 0.417. The summed E-state index contributed by atoms with van der Waals surface area (Å²) in [4.78, 5) is 10.8. The average Bonchev–Trinajstić information content (AvgIpc) is 2.42. The quantitative estimate of drug-likeness (QED) is 0.636. The second kappa shape index (κ2) is 2.84. The Morgan fingerprint density at radius 2 is 2.14 bits per heavy atom. The maximum absolute atomic E-state index is 10.8. The standard InChI is InChI=1S/C12H14O2/c1-8-4-5-9(7-13)11-10(8)6-12(2,3)14-11/h4-5,7H,6H2,1-3H3. The van der Waals surface area contributed by atoms with E-state index in [-0.39, 0.29) is 5.60 Å². The van der Waals surface area contributed by atoms with E-state index in [2.05, 4.69) is 6.92 Å². The molecular weight excluding hydrogens is 176 g/mol. The zero-order chi connectivity index (χ0) is 10.3. The number of benzene rings is 1. The van der Waals surface area contributed by atoms with Gasteiger partial charge in [-0.1, -0.05) is 6.07 Å². The highest BCUT2D eigenvalue weighted by Gasteiger charge is 2.32. The summed E-state index contributed by atoms with van der Waals surface area (Å²) in [6.07, 6.45) is 1.75. The van der Waals surface area contributed by atoms with Crippen LogP contribution in [0, 0.1) is 6.92 Å². The number of hydrogen-bond donors (Lipinski definition) is 0. The monoisotopic (exact) mass is 190 g/mol. The van der Waals surface area contributed by atoms with Crippen molar-refractivity contribution in [2.75, 3.05) is 0 Å². The number of carbonyl (C=O) groups excluding carboxylic acids is 1. The van der Waals surface area contributed by atoms with Crippen molar-refractivity contribution in [2.45, 2.75) is 32.8 Å². The molecule has 0 unspecified atom stereocenters. The number of fused-ring (bicyclic) bond motifs is 1. The maximum Gasteiger partial charge on any atom is 0.153 e. The number of rotatable bonds is 1. The van der Waals surface area contributed by atoms with Crippen molar-refractivity contribution in [2.24, 2.45) is 0 Å². The molecular formula is C12H14O2. The molecule has 0 amide bonds. The lowest BCUT2D eigenvalue weighted by atomic mass is 9.97. The maximum atomic E-state index is 10.8. The molecule has 0 aromatic heterocycles. The van der Waals surface area contributed by atoms with Crippen molar-refractivity contribution in [3.05, 3.63) is 28.8 Å². The molecule has 0 aliphatic carbocycles. The van der Waals surface area contributed by atoms with Crippen molar-refractivity contribution < 1.29 is 9.53 Å². The molecule has 1 aliphatic heterocycles. The van der Waals surface area contributed by atoms with E-state index in [4.69, 9.17) is 4.74 Å². The van der Waals surface area contributed by atoms with Gasteiger partial charge in [-0.15, -0.1) is 0 Å². The Morgan fingerprint density at radius 3 is 2.79 bits per heavy atom. The van der Waals surface area contributed by atoms with Crippen LogP contribution in [0.3, 0.4) is 0 Å². The van der Waals surface area contributed by atoms with Gasteiger partial charge >= 0.3 is 0 Å². The second-order valence-corrected chi connectivity index (χ2v) is 4.44. The fourth-order valence-electron chi connectivity index (χ4n) is 1.92. The van der Waals surface area contributed by atoms with Gasteiger partial charge in [-0.25, -0.2) is 0 Å². The Morgan fingerprint density at radius 1 is 1.43 bits per heavy atom. The van der Waals surface area contributed by atoms with Crippen LogP contribution < -0.4 is 4.74 Å². The van der Waals surface area contributed by atoms with Crippen LogP contribution in [-0.4, -0.2) is 11.9 Å². The van der Waals surface area contributed by atoms with E-state index >= 15 is 0 Å². The van der Waals surface area contributed by atoms with Gasteiger partial charge in [-0.3, -0.25) is 4.79 Å². The van der Waals surface area contributed by atoms with Crippen LogP contribution in [0.5, 0.6) is 5.75 Å². The molecule has 0 spiro atoms. The molecule has 0 fully saturated rings. The third-order valence-electron chi connectivity index (χ3n) is 2.63. The van der Waals surface area contributed by atoms with Crippen LogP contribution in [0.25, 0.3) is 0 Å². The lowest BCUT2D eigenvalue weighted by Crippen LogP contribution is -2.25. The average molecular weight is 190 g/mol. The van der Waals surface area contributed by atoms with E-state index in [9.17, 15) is 4.79 Å². The van der Waals surface area contributed by atoms with Crippen LogP contribution in [0.4, 0.5) is 0 Å². The smallest absolute Gasteiger partial charge is 0.153 e. The molecule has 14 heavy (non-hydrogen) atoms. The topological polar surface area (TPSA) is 26.3 Å². The molecule has 0 radical (unpaired) electrons. The van der Waals surface area contributed by atoms with Crippen molar-refractivity contribution in [3.8, 4) is 5.75 Å². The molecule has 1 aliphatic rings. The Kier molecular flexibility index (Phi) is 1.88. The largest absolute Gasteiger partial charge is 0.486 e. The van der Waals surface area contributed by atoms with Crippen molar-refractivity contribution in [1.29, 1.82) is 0 Å². The lowest BCUT2D eigenvalue weighted by Gasteiger charge is -2.17. The van der Waals surface area contributed by atoms with Gasteiger partial charge in [0.2, 0.25) is 0 Å². The van der Waals surface area contributed by atoms with Gasteiger partial charge in [0.05, 0.1) is 5.56 Å². The molecule has 2 rings (SSSR count). The van der Waals surface area contributed by atoms with Gasteiger partial charge in [-0.05, 0) is 32.4 Å². The number of ether oxygens (including phenoxy) is 1. The molecule has 2 nitrogen and oxygen atoms in total.